The molecular weight excluding hydrogens is 349 g/mol. The number of nitrogens with zero attached hydrogens (tertiary/aromatic N) is 3. The Morgan fingerprint density at radius 1 is 1.25 bits per heavy atom. The number of aromatic nitrogens is 2. The minimum absolute atomic E-state index is 0.0225. The Kier molecular flexibility index (Phi) is 4.83. The molecule has 1 fully saturated rings. The van der Waals surface area contributed by atoms with Crippen LogP contribution in [0, 0.1) is 11.8 Å². The Hall–Kier alpha value is -1.59. The zero-order chi connectivity index (χ0) is 17.4. The van der Waals surface area contributed by atoms with E-state index < -0.39 is 0 Å². The van der Waals surface area contributed by atoms with Gasteiger partial charge in [0.2, 0.25) is 5.91 Å². The van der Waals surface area contributed by atoms with Crippen LogP contribution in [0.2, 0.25) is 10.0 Å². The maximum absolute atomic E-state index is 12.6. The van der Waals surface area contributed by atoms with E-state index in [4.69, 9.17) is 23.2 Å². The van der Waals surface area contributed by atoms with Crippen LogP contribution < -0.4 is 5.56 Å². The molecule has 0 N–H and O–H groups in total. The topological polar surface area (TPSA) is 55.2 Å². The quantitative estimate of drug-likeness (QED) is 0.818. The maximum Gasteiger partial charge on any atom is 0.261 e. The van der Waals surface area contributed by atoms with Crippen molar-refractivity contribution in [1.29, 1.82) is 0 Å². The van der Waals surface area contributed by atoms with Gasteiger partial charge < -0.3 is 4.90 Å². The number of fused-ring (bicyclic) bond motifs is 1. The molecule has 5 nitrogen and oxygen atoms in total. The molecule has 2 heterocycles. The molecule has 1 aliphatic rings. The Labute approximate surface area is 150 Å². The van der Waals surface area contributed by atoms with E-state index >= 15 is 0 Å². The number of rotatable bonds is 2. The molecule has 0 radical (unpaired) electrons. The van der Waals surface area contributed by atoms with E-state index in [9.17, 15) is 9.59 Å². The van der Waals surface area contributed by atoms with Crippen molar-refractivity contribution in [3.63, 3.8) is 0 Å². The molecule has 128 valence electrons. The highest BCUT2D eigenvalue weighted by atomic mass is 35.5. The molecule has 2 aromatic rings. The summed E-state index contributed by atoms with van der Waals surface area (Å²) >= 11 is 12.0. The number of halogens is 2. The van der Waals surface area contributed by atoms with Crippen LogP contribution in [0.15, 0.2) is 23.3 Å². The van der Waals surface area contributed by atoms with Gasteiger partial charge in [0.1, 0.15) is 6.54 Å². The van der Waals surface area contributed by atoms with Gasteiger partial charge in [0.15, 0.2) is 0 Å². The van der Waals surface area contributed by atoms with Gasteiger partial charge in [-0.1, -0.05) is 37.0 Å². The Balaban J connectivity index is 1.89. The van der Waals surface area contributed by atoms with Gasteiger partial charge in [0, 0.05) is 18.1 Å². The summed E-state index contributed by atoms with van der Waals surface area (Å²) in [5, 5.41) is 1.02. The fraction of sp³-hybridized carbons (Fsp3) is 0.471. The van der Waals surface area contributed by atoms with Crippen LogP contribution in [0.25, 0.3) is 10.9 Å². The Bertz CT molecular complexity index is 840. The first-order chi connectivity index (χ1) is 11.3. The number of likely N-dealkylation sites (tertiary alicyclic amines) is 1. The van der Waals surface area contributed by atoms with Crippen LogP contribution in [0.5, 0.6) is 0 Å². The lowest BCUT2D eigenvalue weighted by atomic mass is 9.92. The van der Waals surface area contributed by atoms with Gasteiger partial charge in [-0.05, 0) is 30.4 Å². The molecule has 3 rings (SSSR count). The van der Waals surface area contributed by atoms with E-state index in [2.05, 4.69) is 18.8 Å². The van der Waals surface area contributed by atoms with Crippen LogP contribution in [0.4, 0.5) is 0 Å². The van der Waals surface area contributed by atoms with Crippen molar-refractivity contribution in [3.05, 3.63) is 38.9 Å². The molecule has 1 saturated heterocycles. The molecule has 0 aliphatic carbocycles. The predicted octanol–water partition coefficient (Wildman–Crippen LogP) is 3.21. The second kappa shape index (κ2) is 6.73. The Morgan fingerprint density at radius 2 is 1.92 bits per heavy atom. The summed E-state index contributed by atoms with van der Waals surface area (Å²) in [7, 11) is 0. The predicted molar refractivity (Wildman–Crippen MR) is 95.5 cm³/mol. The van der Waals surface area contributed by atoms with E-state index in [1.807, 2.05) is 4.90 Å². The molecular formula is C17H19Cl2N3O2. The van der Waals surface area contributed by atoms with Gasteiger partial charge in [-0.15, -0.1) is 0 Å². The van der Waals surface area contributed by atoms with Gasteiger partial charge in [0.05, 0.1) is 22.3 Å². The highest BCUT2D eigenvalue weighted by Gasteiger charge is 2.25. The van der Waals surface area contributed by atoms with Gasteiger partial charge >= 0.3 is 0 Å². The molecule has 0 saturated carbocycles. The third-order valence-electron chi connectivity index (χ3n) is 4.37. The molecule has 2 atom stereocenters. The van der Waals surface area contributed by atoms with Crippen molar-refractivity contribution in [2.24, 2.45) is 11.8 Å². The Morgan fingerprint density at radius 3 is 2.58 bits per heavy atom. The van der Waals surface area contributed by atoms with Crippen LogP contribution in [-0.2, 0) is 11.3 Å². The summed E-state index contributed by atoms with van der Waals surface area (Å²) in [6, 6.07) is 3.08. The molecule has 1 amide bonds. The van der Waals surface area contributed by atoms with Crippen molar-refractivity contribution in [2.75, 3.05) is 13.1 Å². The molecule has 7 heteroatoms. The number of piperidine rings is 1. The molecule has 0 bridgehead atoms. The highest BCUT2D eigenvalue weighted by molar-refractivity contribution is 6.38. The van der Waals surface area contributed by atoms with Crippen molar-refractivity contribution in [2.45, 2.75) is 26.8 Å². The van der Waals surface area contributed by atoms with E-state index in [0.717, 1.165) is 19.5 Å². The summed E-state index contributed by atoms with van der Waals surface area (Å²) in [5.74, 6) is 0.883. The van der Waals surface area contributed by atoms with Crippen LogP contribution in [-0.4, -0.2) is 33.4 Å². The maximum atomic E-state index is 12.6. The number of amides is 1. The van der Waals surface area contributed by atoms with E-state index in [0.29, 0.717) is 32.8 Å². The smallest absolute Gasteiger partial charge is 0.261 e. The fourth-order valence-corrected chi connectivity index (χ4v) is 3.96. The zero-order valence-electron chi connectivity index (χ0n) is 13.6. The first-order valence-corrected chi connectivity index (χ1v) is 8.72. The van der Waals surface area contributed by atoms with Gasteiger partial charge in [-0.2, -0.15) is 0 Å². The third kappa shape index (κ3) is 3.42. The number of benzene rings is 1. The highest BCUT2D eigenvalue weighted by Crippen LogP contribution is 2.24. The summed E-state index contributed by atoms with van der Waals surface area (Å²) in [6.45, 7) is 5.73. The zero-order valence-corrected chi connectivity index (χ0v) is 15.1. The summed E-state index contributed by atoms with van der Waals surface area (Å²) in [4.78, 5) is 31.2. The van der Waals surface area contributed by atoms with Crippen LogP contribution in [0.3, 0.4) is 0 Å². The number of carbonyl (C=O) groups excluding carboxylic acids is 1. The molecule has 0 spiro atoms. The van der Waals surface area contributed by atoms with Gasteiger partial charge in [0.25, 0.3) is 5.56 Å². The van der Waals surface area contributed by atoms with Crippen molar-refractivity contribution >= 4 is 40.0 Å². The second-order valence-corrected chi connectivity index (χ2v) is 7.55. The first-order valence-electron chi connectivity index (χ1n) is 7.97. The molecule has 24 heavy (non-hydrogen) atoms. The normalized spacial score (nSPS) is 21.2. The standard InChI is InChI=1S/C17H19Cl2N3O2/c1-10-3-11(2)7-21(6-10)15(23)8-22-9-20-16-13(17(22)24)4-12(18)5-14(16)19/h4-5,9-11H,3,6-8H2,1-2H3/t10-,11-/m0/s1. The van der Waals surface area contributed by atoms with Crippen LogP contribution >= 0.6 is 23.2 Å². The molecule has 1 aromatic carbocycles. The number of hydrogen-bond acceptors (Lipinski definition) is 3. The summed E-state index contributed by atoms with van der Waals surface area (Å²) in [5.41, 5.74) is 0.0887. The van der Waals surface area contributed by atoms with Crippen molar-refractivity contribution in [1.82, 2.24) is 14.5 Å². The lowest BCUT2D eigenvalue weighted by Crippen LogP contribution is -2.44. The fourth-order valence-electron chi connectivity index (χ4n) is 3.42. The minimum Gasteiger partial charge on any atom is -0.341 e. The lowest BCUT2D eigenvalue weighted by molar-refractivity contribution is -0.134. The van der Waals surface area contributed by atoms with E-state index in [-0.39, 0.29) is 18.0 Å². The second-order valence-electron chi connectivity index (χ2n) is 6.71. The SMILES string of the molecule is C[C@H]1C[C@H](C)CN(C(=O)Cn2cnc3c(Cl)cc(Cl)cc3c2=O)C1. The molecule has 1 aliphatic heterocycles. The van der Waals surface area contributed by atoms with E-state index in [1.54, 1.807) is 6.07 Å². The third-order valence-corrected chi connectivity index (χ3v) is 4.88. The van der Waals surface area contributed by atoms with Crippen LogP contribution in [0.1, 0.15) is 20.3 Å². The van der Waals surface area contributed by atoms with Crippen molar-refractivity contribution in [3.8, 4) is 0 Å². The van der Waals surface area contributed by atoms with Crippen molar-refractivity contribution < 1.29 is 4.79 Å². The monoisotopic (exact) mass is 367 g/mol. The van der Waals surface area contributed by atoms with E-state index in [1.165, 1.54) is 17.0 Å². The largest absolute Gasteiger partial charge is 0.341 e. The molecule has 1 aromatic heterocycles. The lowest BCUT2D eigenvalue weighted by Gasteiger charge is -2.35. The summed E-state index contributed by atoms with van der Waals surface area (Å²) in [6.07, 6.45) is 2.50. The molecule has 0 unspecified atom stereocenters. The average Bonchev–Trinajstić information content (AvgIpc) is 2.49. The summed E-state index contributed by atoms with van der Waals surface area (Å²) < 4.78 is 1.32. The minimum atomic E-state index is -0.309. The average molecular weight is 368 g/mol. The van der Waals surface area contributed by atoms with Gasteiger partial charge in [-0.25, -0.2) is 4.98 Å². The van der Waals surface area contributed by atoms with Gasteiger partial charge in [-0.3, -0.25) is 14.2 Å². The first kappa shape index (κ1) is 17.2. The number of carbonyl (C=O) groups is 1. The number of hydrogen-bond donors (Lipinski definition) is 0.